The largest absolute Gasteiger partial charge is 0.477 e. The Balaban J connectivity index is 4.57. The first-order chi connectivity index (χ1) is 10.8. The monoisotopic (exact) mass is 330 g/mol. The molecule has 0 unspecified atom stereocenters. The van der Waals surface area contributed by atoms with Crippen LogP contribution in [0.3, 0.4) is 0 Å². The van der Waals surface area contributed by atoms with Crippen LogP contribution in [0.15, 0.2) is 12.2 Å². The maximum atomic E-state index is 11.0. The van der Waals surface area contributed by atoms with Crippen molar-refractivity contribution in [2.24, 2.45) is 0 Å². The van der Waals surface area contributed by atoms with Gasteiger partial charge in [-0.2, -0.15) is 0 Å². The average molecular weight is 330 g/mol. The van der Waals surface area contributed by atoms with Gasteiger partial charge in [0.15, 0.2) is 19.6 Å². The van der Waals surface area contributed by atoms with Crippen LogP contribution in [0, 0.1) is 0 Å². The number of hydrogen-bond donors (Lipinski definition) is 3. The van der Waals surface area contributed by atoms with Crippen molar-refractivity contribution in [1.82, 2.24) is 0 Å². The highest BCUT2D eigenvalue weighted by molar-refractivity contribution is 5.73. The molecule has 0 saturated carbocycles. The first-order valence-electron chi connectivity index (χ1n) is 7.97. The molecule has 7 heteroatoms. The standard InChI is InChI=1S/C16H27NO6/c1-2-3-4-5-6-7-8-9-10-17(11-14(18)19,12-15(20)21)13-16(22)23/h6-7H,2-5,8-13H2,1H3,(H2-,18,19,20,21,22,23)/p+1/b7-6+. The maximum absolute atomic E-state index is 11.0. The first-order valence-corrected chi connectivity index (χ1v) is 7.97. The SMILES string of the molecule is CCCCC/C=C/CCC[N+](CC(=O)O)(CC(=O)O)CC(=O)O. The molecule has 0 amide bonds. The minimum atomic E-state index is -1.19. The van der Waals surface area contributed by atoms with E-state index >= 15 is 0 Å². The number of carboxylic acid groups (broad SMARTS) is 3. The summed E-state index contributed by atoms with van der Waals surface area (Å²) in [6, 6.07) is 0. The Bertz CT molecular complexity index is 378. The van der Waals surface area contributed by atoms with Crippen LogP contribution >= 0.6 is 0 Å². The molecule has 0 bridgehead atoms. The summed E-state index contributed by atoms with van der Waals surface area (Å²) >= 11 is 0. The van der Waals surface area contributed by atoms with E-state index in [4.69, 9.17) is 15.3 Å². The van der Waals surface area contributed by atoms with Crippen LogP contribution < -0.4 is 0 Å². The van der Waals surface area contributed by atoms with Crippen molar-refractivity contribution in [2.45, 2.75) is 45.4 Å². The lowest BCUT2D eigenvalue weighted by atomic mass is 10.1. The third-order valence-corrected chi connectivity index (χ3v) is 3.56. The number of rotatable bonds is 14. The van der Waals surface area contributed by atoms with Gasteiger partial charge in [-0.05, 0) is 19.3 Å². The van der Waals surface area contributed by atoms with Gasteiger partial charge in [0.25, 0.3) is 0 Å². The van der Waals surface area contributed by atoms with E-state index in [0.717, 1.165) is 19.3 Å². The van der Waals surface area contributed by atoms with Gasteiger partial charge in [0.05, 0.1) is 6.54 Å². The molecule has 0 aliphatic heterocycles. The lowest BCUT2D eigenvalue weighted by Crippen LogP contribution is -2.57. The molecule has 0 aromatic rings. The van der Waals surface area contributed by atoms with Gasteiger partial charge < -0.3 is 15.3 Å². The summed E-state index contributed by atoms with van der Waals surface area (Å²) < 4.78 is -0.469. The van der Waals surface area contributed by atoms with Crippen LogP contribution in [-0.2, 0) is 14.4 Å². The van der Waals surface area contributed by atoms with Crippen molar-refractivity contribution >= 4 is 17.9 Å². The number of carboxylic acids is 3. The molecule has 0 radical (unpaired) electrons. The van der Waals surface area contributed by atoms with Crippen molar-refractivity contribution in [2.75, 3.05) is 26.2 Å². The molecule has 0 aromatic heterocycles. The van der Waals surface area contributed by atoms with E-state index in [1.807, 2.05) is 6.08 Å². The molecule has 0 saturated heterocycles. The van der Waals surface area contributed by atoms with Gasteiger partial charge >= 0.3 is 17.9 Å². The number of unbranched alkanes of at least 4 members (excludes halogenated alkanes) is 4. The minimum absolute atomic E-state index is 0.212. The lowest BCUT2D eigenvalue weighted by molar-refractivity contribution is -0.907. The Morgan fingerprint density at radius 3 is 1.61 bits per heavy atom. The van der Waals surface area contributed by atoms with Gasteiger partial charge in [-0.15, -0.1) is 0 Å². The fraction of sp³-hybridized carbons (Fsp3) is 0.688. The van der Waals surface area contributed by atoms with E-state index in [2.05, 4.69) is 13.0 Å². The van der Waals surface area contributed by atoms with Crippen molar-refractivity contribution in [1.29, 1.82) is 0 Å². The number of carbonyl (C=O) groups is 3. The second kappa shape index (κ2) is 11.6. The second-order valence-electron chi connectivity index (χ2n) is 5.83. The van der Waals surface area contributed by atoms with Crippen molar-refractivity contribution < 1.29 is 34.2 Å². The van der Waals surface area contributed by atoms with Crippen LogP contribution in [0.4, 0.5) is 0 Å². The number of quaternary nitrogens is 1. The molecule has 0 aromatic carbocycles. The molecule has 0 rings (SSSR count). The highest BCUT2D eigenvalue weighted by Crippen LogP contribution is 2.11. The van der Waals surface area contributed by atoms with E-state index in [1.54, 1.807) is 0 Å². The summed E-state index contributed by atoms with van der Waals surface area (Å²) in [5, 5.41) is 26.9. The molecule has 0 atom stereocenters. The van der Waals surface area contributed by atoms with E-state index in [1.165, 1.54) is 6.42 Å². The van der Waals surface area contributed by atoms with Crippen LogP contribution in [0.1, 0.15) is 45.4 Å². The third-order valence-electron chi connectivity index (χ3n) is 3.56. The molecule has 0 aliphatic rings. The Morgan fingerprint density at radius 2 is 1.22 bits per heavy atom. The Hall–Kier alpha value is -1.89. The maximum Gasteiger partial charge on any atom is 0.359 e. The molecular formula is C16H28NO6+. The van der Waals surface area contributed by atoms with Gasteiger partial charge in [0, 0.05) is 6.42 Å². The molecule has 3 N–H and O–H groups in total. The highest BCUT2D eigenvalue weighted by Gasteiger charge is 2.35. The summed E-state index contributed by atoms with van der Waals surface area (Å²) in [5.41, 5.74) is 0. The summed E-state index contributed by atoms with van der Waals surface area (Å²) in [5.74, 6) is -3.58. The zero-order chi connectivity index (χ0) is 17.7. The number of nitrogens with zero attached hydrogens (tertiary/aromatic N) is 1. The normalized spacial score (nSPS) is 11.7. The van der Waals surface area contributed by atoms with Crippen LogP contribution in [0.2, 0.25) is 0 Å². The fourth-order valence-corrected chi connectivity index (χ4v) is 2.56. The number of aliphatic carboxylic acids is 3. The zero-order valence-electron chi connectivity index (χ0n) is 13.7. The van der Waals surface area contributed by atoms with E-state index in [9.17, 15) is 14.4 Å². The lowest BCUT2D eigenvalue weighted by Gasteiger charge is -2.34. The smallest absolute Gasteiger partial charge is 0.359 e. The Kier molecular flexibility index (Phi) is 10.7. The fourth-order valence-electron chi connectivity index (χ4n) is 2.56. The van der Waals surface area contributed by atoms with Crippen molar-refractivity contribution in [3.8, 4) is 0 Å². The summed E-state index contributed by atoms with van der Waals surface area (Å²) in [4.78, 5) is 33.0. The topological polar surface area (TPSA) is 112 Å². The van der Waals surface area contributed by atoms with Gasteiger partial charge in [0.2, 0.25) is 0 Å². The predicted molar refractivity (Wildman–Crippen MR) is 85.2 cm³/mol. The molecule has 0 aliphatic carbocycles. The van der Waals surface area contributed by atoms with Crippen LogP contribution in [0.5, 0.6) is 0 Å². The first kappa shape index (κ1) is 21.1. The number of allylic oxidation sites excluding steroid dienone is 2. The van der Waals surface area contributed by atoms with Gasteiger partial charge in [-0.25, -0.2) is 14.4 Å². The second-order valence-corrected chi connectivity index (χ2v) is 5.83. The summed E-state index contributed by atoms with van der Waals surface area (Å²) in [6.45, 7) is 0.842. The molecule has 0 heterocycles. The van der Waals surface area contributed by atoms with E-state index in [-0.39, 0.29) is 6.54 Å². The van der Waals surface area contributed by atoms with E-state index in [0.29, 0.717) is 12.8 Å². The summed E-state index contributed by atoms with van der Waals surface area (Å²) in [7, 11) is 0. The van der Waals surface area contributed by atoms with Crippen molar-refractivity contribution in [3.63, 3.8) is 0 Å². The minimum Gasteiger partial charge on any atom is -0.477 e. The van der Waals surface area contributed by atoms with Gasteiger partial charge in [-0.3, -0.25) is 4.48 Å². The van der Waals surface area contributed by atoms with Gasteiger partial charge in [0.1, 0.15) is 0 Å². The van der Waals surface area contributed by atoms with Crippen LogP contribution in [0.25, 0.3) is 0 Å². The average Bonchev–Trinajstić information content (AvgIpc) is 2.39. The molecule has 0 fully saturated rings. The predicted octanol–water partition coefficient (Wildman–Crippen LogP) is 1.97. The molecule has 7 nitrogen and oxygen atoms in total. The molecule has 23 heavy (non-hydrogen) atoms. The van der Waals surface area contributed by atoms with E-state index < -0.39 is 42.0 Å². The Labute approximate surface area is 136 Å². The van der Waals surface area contributed by atoms with Crippen molar-refractivity contribution in [3.05, 3.63) is 12.2 Å². The molecule has 0 spiro atoms. The molecule has 132 valence electrons. The Morgan fingerprint density at radius 1 is 0.783 bits per heavy atom. The highest BCUT2D eigenvalue weighted by atomic mass is 16.4. The van der Waals surface area contributed by atoms with Gasteiger partial charge in [-0.1, -0.05) is 31.9 Å². The quantitative estimate of drug-likeness (QED) is 0.255. The zero-order valence-corrected chi connectivity index (χ0v) is 13.7. The number of hydrogen-bond acceptors (Lipinski definition) is 3. The third kappa shape index (κ3) is 11.3. The molecular weight excluding hydrogens is 302 g/mol. The summed E-state index contributed by atoms with van der Waals surface area (Å²) in [6.07, 6.45) is 9.76. The van der Waals surface area contributed by atoms with Crippen LogP contribution in [-0.4, -0.2) is 63.9 Å².